The van der Waals surface area contributed by atoms with E-state index in [1.54, 1.807) is 12.1 Å². The van der Waals surface area contributed by atoms with Crippen molar-refractivity contribution in [3.8, 4) is 28.3 Å². The molecule has 2 aromatic carbocycles. The molecule has 1 aliphatic rings. The maximum Gasteiger partial charge on any atom is 0.573 e. The first kappa shape index (κ1) is 23.8. The largest absolute Gasteiger partial charge is 0.573 e. The Morgan fingerprint density at radius 2 is 1.65 bits per heavy atom. The first-order valence-electron chi connectivity index (χ1n) is 10.6. The molecule has 0 bridgehead atoms. The second kappa shape index (κ2) is 10.3. The van der Waals surface area contributed by atoms with Gasteiger partial charge in [0.2, 0.25) is 0 Å². The van der Waals surface area contributed by atoms with Crippen molar-refractivity contribution in [2.24, 2.45) is 0 Å². The van der Waals surface area contributed by atoms with Crippen LogP contribution >= 0.6 is 0 Å². The van der Waals surface area contributed by atoms with Gasteiger partial charge in [0.25, 0.3) is 5.56 Å². The highest BCUT2D eigenvalue weighted by Gasteiger charge is 2.31. The van der Waals surface area contributed by atoms with Crippen molar-refractivity contribution >= 4 is 0 Å². The average Bonchev–Trinajstić information content (AvgIpc) is 2.80. The number of halogens is 4. The lowest BCUT2D eigenvalue weighted by atomic mass is 10.1. The van der Waals surface area contributed by atoms with Crippen LogP contribution in [0.2, 0.25) is 0 Å². The molecule has 0 spiro atoms. The van der Waals surface area contributed by atoms with E-state index >= 15 is 0 Å². The van der Waals surface area contributed by atoms with E-state index in [9.17, 15) is 22.4 Å². The normalized spacial score (nSPS) is 14.7. The SMILES string of the molecule is O=c1cc(OCCN2CCOCC2)c(-c2ccc(F)cc2)cn1-c1ccc(OC(F)(F)F)cc1. The molecule has 1 aliphatic heterocycles. The van der Waals surface area contributed by atoms with Crippen LogP contribution in [0.1, 0.15) is 0 Å². The predicted octanol–water partition coefficient (Wildman–Crippen LogP) is 4.25. The monoisotopic (exact) mass is 478 g/mol. The first-order valence-corrected chi connectivity index (χ1v) is 10.6. The van der Waals surface area contributed by atoms with Gasteiger partial charge in [-0.25, -0.2) is 4.39 Å². The summed E-state index contributed by atoms with van der Waals surface area (Å²) in [5.41, 5.74) is 1.06. The van der Waals surface area contributed by atoms with Gasteiger partial charge in [-0.15, -0.1) is 13.2 Å². The summed E-state index contributed by atoms with van der Waals surface area (Å²) in [5.74, 6) is -0.476. The quantitative estimate of drug-likeness (QED) is 0.476. The summed E-state index contributed by atoms with van der Waals surface area (Å²) < 4.78 is 67.2. The maximum atomic E-state index is 13.5. The number of benzene rings is 2. The highest BCUT2D eigenvalue weighted by Crippen LogP contribution is 2.30. The number of morpholine rings is 1. The van der Waals surface area contributed by atoms with Gasteiger partial charge in [0.05, 0.1) is 13.2 Å². The fourth-order valence-electron chi connectivity index (χ4n) is 3.60. The molecule has 0 amide bonds. The molecule has 6 nitrogen and oxygen atoms in total. The molecule has 0 radical (unpaired) electrons. The molecule has 180 valence electrons. The Morgan fingerprint density at radius 1 is 0.971 bits per heavy atom. The second-order valence-electron chi connectivity index (χ2n) is 7.61. The molecule has 0 saturated carbocycles. The van der Waals surface area contributed by atoms with E-state index in [-0.39, 0.29) is 0 Å². The highest BCUT2D eigenvalue weighted by molar-refractivity contribution is 5.70. The van der Waals surface area contributed by atoms with Gasteiger partial charge in [0.1, 0.15) is 23.9 Å². The van der Waals surface area contributed by atoms with Crippen LogP contribution < -0.4 is 15.0 Å². The van der Waals surface area contributed by atoms with Gasteiger partial charge in [-0.05, 0) is 42.0 Å². The Balaban J connectivity index is 1.62. The van der Waals surface area contributed by atoms with Crippen LogP contribution in [0.3, 0.4) is 0 Å². The molecule has 0 atom stereocenters. The standard InChI is InChI=1S/C24H22F4N2O4/c25-18-3-1-17(2-4-18)21-16-30(19-5-7-20(8-6-19)34-24(26,27)28)23(31)15-22(21)33-14-11-29-9-12-32-13-10-29/h1-8,15-16H,9-14H2. The zero-order valence-electron chi connectivity index (χ0n) is 18.1. The Kier molecular flexibility index (Phi) is 7.18. The summed E-state index contributed by atoms with van der Waals surface area (Å²) in [4.78, 5) is 15.0. The van der Waals surface area contributed by atoms with Crippen molar-refractivity contribution in [3.63, 3.8) is 0 Å². The molecular formula is C24H22F4N2O4. The number of alkyl halides is 3. The number of aromatic nitrogens is 1. The van der Waals surface area contributed by atoms with E-state index in [1.165, 1.54) is 41.1 Å². The van der Waals surface area contributed by atoms with Gasteiger partial charge in [0.15, 0.2) is 0 Å². The lowest BCUT2D eigenvalue weighted by Gasteiger charge is -2.26. The Morgan fingerprint density at radius 3 is 2.29 bits per heavy atom. The second-order valence-corrected chi connectivity index (χ2v) is 7.61. The van der Waals surface area contributed by atoms with E-state index < -0.39 is 23.5 Å². The molecule has 4 rings (SSSR count). The summed E-state index contributed by atoms with van der Waals surface area (Å²) in [7, 11) is 0. The van der Waals surface area contributed by atoms with Gasteiger partial charge < -0.3 is 14.2 Å². The maximum absolute atomic E-state index is 13.5. The fourth-order valence-corrected chi connectivity index (χ4v) is 3.60. The molecule has 3 aromatic rings. The molecule has 2 heterocycles. The Labute approximate surface area is 192 Å². The van der Waals surface area contributed by atoms with Crippen LogP contribution in [0.4, 0.5) is 17.6 Å². The average molecular weight is 478 g/mol. The molecule has 0 N–H and O–H groups in total. The summed E-state index contributed by atoms with van der Waals surface area (Å²) in [6.07, 6.45) is -3.28. The molecule has 1 fully saturated rings. The third kappa shape index (κ3) is 6.15. The van der Waals surface area contributed by atoms with Crippen molar-refractivity contribution in [2.75, 3.05) is 39.5 Å². The van der Waals surface area contributed by atoms with Crippen LogP contribution in [-0.2, 0) is 4.74 Å². The summed E-state index contributed by atoms with van der Waals surface area (Å²) in [5, 5.41) is 0. The van der Waals surface area contributed by atoms with Crippen molar-refractivity contribution in [2.45, 2.75) is 6.36 Å². The van der Waals surface area contributed by atoms with Crippen molar-refractivity contribution < 1.29 is 31.8 Å². The summed E-state index contributed by atoms with van der Waals surface area (Å²) in [6, 6.07) is 12.0. The fraction of sp³-hybridized carbons (Fsp3) is 0.292. The van der Waals surface area contributed by atoms with Gasteiger partial charge in [-0.3, -0.25) is 14.3 Å². The lowest BCUT2D eigenvalue weighted by molar-refractivity contribution is -0.274. The van der Waals surface area contributed by atoms with Gasteiger partial charge in [-0.1, -0.05) is 12.1 Å². The minimum atomic E-state index is -4.81. The van der Waals surface area contributed by atoms with Crippen LogP contribution in [0, 0.1) is 5.82 Å². The molecule has 0 aliphatic carbocycles. The van der Waals surface area contributed by atoms with Crippen molar-refractivity contribution in [1.82, 2.24) is 9.47 Å². The Hall–Kier alpha value is -3.37. The number of rotatable bonds is 7. The smallest absolute Gasteiger partial charge is 0.491 e. The minimum absolute atomic E-state index is 0.332. The molecular weight excluding hydrogens is 456 g/mol. The zero-order valence-corrected chi connectivity index (χ0v) is 18.1. The van der Waals surface area contributed by atoms with Crippen LogP contribution in [-0.4, -0.2) is 55.3 Å². The molecule has 1 saturated heterocycles. The predicted molar refractivity (Wildman–Crippen MR) is 117 cm³/mol. The van der Waals surface area contributed by atoms with E-state index in [0.29, 0.717) is 48.9 Å². The van der Waals surface area contributed by atoms with E-state index in [4.69, 9.17) is 9.47 Å². The molecule has 1 aromatic heterocycles. The number of pyridine rings is 1. The molecule has 34 heavy (non-hydrogen) atoms. The summed E-state index contributed by atoms with van der Waals surface area (Å²) >= 11 is 0. The zero-order chi connectivity index (χ0) is 24.1. The van der Waals surface area contributed by atoms with Crippen LogP contribution in [0.5, 0.6) is 11.5 Å². The van der Waals surface area contributed by atoms with Gasteiger partial charge in [-0.2, -0.15) is 0 Å². The highest BCUT2D eigenvalue weighted by atomic mass is 19.4. The van der Waals surface area contributed by atoms with E-state index in [0.717, 1.165) is 25.2 Å². The lowest BCUT2D eigenvalue weighted by Crippen LogP contribution is -2.38. The van der Waals surface area contributed by atoms with E-state index in [1.807, 2.05) is 0 Å². The van der Waals surface area contributed by atoms with Gasteiger partial charge in [0, 0.05) is 43.1 Å². The van der Waals surface area contributed by atoms with Crippen LogP contribution in [0.25, 0.3) is 16.8 Å². The van der Waals surface area contributed by atoms with Crippen LogP contribution in [0.15, 0.2) is 65.6 Å². The number of hydrogen-bond acceptors (Lipinski definition) is 5. The third-order valence-electron chi connectivity index (χ3n) is 5.29. The first-order chi connectivity index (χ1) is 16.3. The molecule has 10 heteroatoms. The molecule has 0 unspecified atom stereocenters. The number of ether oxygens (including phenoxy) is 3. The van der Waals surface area contributed by atoms with Crippen molar-refractivity contribution in [3.05, 3.63) is 77.0 Å². The number of hydrogen-bond donors (Lipinski definition) is 0. The topological polar surface area (TPSA) is 52.9 Å². The Bertz CT molecular complexity index is 1160. The third-order valence-corrected chi connectivity index (χ3v) is 5.29. The minimum Gasteiger partial charge on any atom is -0.491 e. The van der Waals surface area contributed by atoms with Crippen molar-refractivity contribution in [1.29, 1.82) is 0 Å². The van der Waals surface area contributed by atoms with Gasteiger partial charge >= 0.3 is 6.36 Å². The summed E-state index contributed by atoms with van der Waals surface area (Å²) in [6.45, 7) is 3.89. The number of nitrogens with zero attached hydrogens (tertiary/aromatic N) is 2. The van der Waals surface area contributed by atoms with E-state index in [2.05, 4.69) is 9.64 Å².